The number of hydrogen-bond donors (Lipinski definition) is 2. The zero-order valence-corrected chi connectivity index (χ0v) is 22.0. The highest BCUT2D eigenvalue weighted by atomic mass is 32.2. The molecule has 0 saturated carbocycles. The molecule has 0 bridgehead atoms. The monoisotopic (exact) mass is 543 g/mol. The summed E-state index contributed by atoms with van der Waals surface area (Å²) < 4.78 is 58.2. The maximum Gasteiger partial charge on any atom is 0.303 e. The van der Waals surface area contributed by atoms with Crippen molar-refractivity contribution in [1.82, 2.24) is 0 Å². The Kier molecular flexibility index (Phi) is 9.48. The van der Waals surface area contributed by atoms with E-state index in [4.69, 9.17) is 9.84 Å². The highest BCUT2D eigenvalue weighted by Crippen LogP contribution is 2.26. The van der Waals surface area contributed by atoms with E-state index >= 15 is 0 Å². The molecule has 3 aromatic rings. The van der Waals surface area contributed by atoms with Crippen LogP contribution in [0.1, 0.15) is 30.4 Å². The third kappa shape index (κ3) is 8.47. The molecule has 0 atom stereocenters. The van der Waals surface area contributed by atoms with Gasteiger partial charge in [0.05, 0.1) is 22.1 Å². The SMILES string of the molecule is CS(=O)(=O)c1ccc(/C=C/CCCOc2ccccc2CCC(=O)O)cc1NS(=O)(=O)c1ccccc1. The molecule has 0 spiro atoms. The number of para-hydroxylation sites is 1. The minimum atomic E-state index is -3.97. The van der Waals surface area contributed by atoms with Gasteiger partial charge in [0.25, 0.3) is 10.0 Å². The maximum atomic E-state index is 12.8. The number of carbonyl (C=O) groups is 1. The second-order valence-corrected chi connectivity index (χ2v) is 12.0. The quantitative estimate of drug-likeness (QED) is 0.297. The summed E-state index contributed by atoms with van der Waals surface area (Å²) >= 11 is 0. The fourth-order valence-corrected chi connectivity index (χ4v) is 5.53. The van der Waals surface area contributed by atoms with Crippen LogP contribution in [0.3, 0.4) is 0 Å². The minimum Gasteiger partial charge on any atom is -0.493 e. The van der Waals surface area contributed by atoms with Crippen LogP contribution in [-0.4, -0.2) is 40.8 Å². The number of ether oxygens (including phenoxy) is 1. The van der Waals surface area contributed by atoms with Crippen LogP contribution < -0.4 is 9.46 Å². The second kappa shape index (κ2) is 12.6. The Morgan fingerprint density at radius 3 is 2.38 bits per heavy atom. The highest BCUT2D eigenvalue weighted by molar-refractivity contribution is 7.93. The van der Waals surface area contributed by atoms with Gasteiger partial charge < -0.3 is 9.84 Å². The first kappa shape index (κ1) is 27.9. The standard InChI is InChI=1S/C27H29NO7S2/c1-36(31,32)26-17-15-21(20-24(26)28-37(33,34)23-12-5-2-6-13-23)10-4-3-9-19-35-25-14-8-7-11-22(25)16-18-27(29)30/h2,4-8,10-15,17,20,28H,3,9,16,18-19H2,1H3,(H,29,30)/b10-4+. The van der Waals surface area contributed by atoms with Crippen LogP contribution in [0.2, 0.25) is 0 Å². The topological polar surface area (TPSA) is 127 Å². The van der Waals surface area contributed by atoms with Crippen molar-refractivity contribution in [1.29, 1.82) is 0 Å². The fourth-order valence-electron chi connectivity index (χ4n) is 3.55. The molecule has 3 rings (SSSR count). The van der Waals surface area contributed by atoms with Crippen molar-refractivity contribution in [3.63, 3.8) is 0 Å². The number of carboxylic acid groups (broad SMARTS) is 1. The molecule has 3 aromatic carbocycles. The Bertz CT molecular complexity index is 1470. The lowest BCUT2D eigenvalue weighted by atomic mass is 10.1. The van der Waals surface area contributed by atoms with Crippen LogP contribution >= 0.6 is 0 Å². The number of nitrogens with one attached hydrogen (secondary N) is 1. The average Bonchev–Trinajstić information content (AvgIpc) is 2.85. The number of hydrogen-bond acceptors (Lipinski definition) is 6. The lowest BCUT2D eigenvalue weighted by molar-refractivity contribution is -0.136. The van der Waals surface area contributed by atoms with Crippen molar-refractivity contribution in [3.05, 3.63) is 90.0 Å². The lowest BCUT2D eigenvalue weighted by Gasteiger charge is -2.13. The number of sulfonamides is 1. The molecule has 0 fully saturated rings. The summed E-state index contributed by atoms with van der Waals surface area (Å²) in [5.74, 6) is -0.194. The fraction of sp³-hybridized carbons (Fsp3) is 0.222. The van der Waals surface area contributed by atoms with Gasteiger partial charge in [0.2, 0.25) is 0 Å². The van der Waals surface area contributed by atoms with Gasteiger partial charge in [-0.15, -0.1) is 0 Å². The molecule has 0 aliphatic rings. The van der Waals surface area contributed by atoms with Gasteiger partial charge in [0.15, 0.2) is 9.84 Å². The number of benzene rings is 3. The Hall–Kier alpha value is -3.63. The molecule has 37 heavy (non-hydrogen) atoms. The predicted octanol–water partition coefficient (Wildman–Crippen LogP) is 4.78. The van der Waals surface area contributed by atoms with Crippen molar-refractivity contribution in [2.24, 2.45) is 0 Å². The van der Waals surface area contributed by atoms with Crippen LogP contribution in [0.4, 0.5) is 5.69 Å². The average molecular weight is 544 g/mol. The number of aryl methyl sites for hydroxylation is 1. The number of allylic oxidation sites excluding steroid dienone is 1. The van der Waals surface area contributed by atoms with Gasteiger partial charge >= 0.3 is 5.97 Å². The molecule has 0 aromatic heterocycles. The number of sulfone groups is 1. The van der Waals surface area contributed by atoms with Gasteiger partial charge in [-0.25, -0.2) is 16.8 Å². The first-order valence-electron chi connectivity index (χ1n) is 11.6. The Morgan fingerprint density at radius 2 is 1.68 bits per heavy atom. The van der Waals surface area contributed by atoms with Crippen molar-refractivity contribution < 1.29 is 31.5 Å². The van der Waals surface area contributed by atoms with E-state index < -0.39 is 25.8 Å². The highest BCUT2D eigenvalue weighted by Gasteiger charge is 2.20. The van der Waals surface area contributed by atoms with Gasteiger partial charge in [-0.3, -0.25) is 9.52 Å². The number of carboxylic acids is 1. The number of anilines is 1. The normalized spacial score (nSPS) is 11.9. The van der Waals surface area contributed by atoms with Gasteiger partial charge in [0, 0.05) is 12.7 Å². The predicted molar refractivity (Wildman–Crippen MR) is 143 cm³/mol. The summed E-state index contributed by atoms with van der Waals surface area (Å²) in [6, 6.07) is 19.6. The van der Waals surface area contributed by atoms with Crippen molar-refractivity contribution in [2.75, 3.05) is 17.6 Å². The summed E-state index contributed by atoms with van der Waals surface area (Å²) in [6.45, 7) is 0.434. The zero-order valence-electron chi connectivity index (χ0n) is 20.3. The molecule has 10 heteroatoms. The Labute approximate surface area is 217 Å². The molecule has 0 heterocycles. The number of aliphatic carboxylic acids is 1. The summed E-state index contributed by atoms with van der Waals surface area (Å²) in [5, 5.41) is 8.90. The summed E-state index contributed by atoms with van der Waals surface area (Å²) in [7, 11) is -7.65. The maximum absolute atomic E-state index is 12.8. The van der Waals surface area contributed by atoms with Gasteiger partial charge in [-0.2, -0.15) is 0 Å². The van der Waals surface area contributed by atoms with E-state index in [0.717, 1.165) is 11.8 Å². The first-order chi connectivity index (χ1) is 17.6. The molecule has 0 radical (unpaired) electrons. The molecule has 0 amide bonds. The molecule has 2 N–H and O–H groups in total. The molecule has 0 aliphatic heterocycles. The number of unbranched alkanes of at least 4 members (excludes halogenated alkanes) is 1. The Balaban J connectivity index is 1.64. The summed E-state index contributed by atoms with van der Waals surface area (Å²) in [4.78, 5) is 10.8. The molecule has 0 aliphatic carbocycles. The lowest BCUT2D eigenvalue weighted by Crippen LogP contribution is -2.15. The van der Waals surface area contributed by atoms with Crippen LogP contribution in [-0.2, 0) is 31.1 Å². The zero-order chi connectivity index (χ0) is 26.9. The third-order valence-corrected chi connectivity index (χ3v) is 7.90. The smallest absolute Gasteiger partial charge is 0.303 e. The number of rotatable bonds is 13. The molecular formula is C27H29NO7S2. The molecule has 8 nitrogen and oxygen atoms in total. The van der Waals surface area contributed by atoms with Crippen LogP contribution in [0, 0.1) is 0 Å². The van der Waals surface area contributed by atoms with Crippen LogP contribution in [0.15, 0.2) is 88.7 Å². The van der Waals surface area contributed by atoms with E-state index in [1.807, 2.05) is 30.3 Å². The van der Waals surface area contributed by atoms with Crippen molar-refractivity contribution in [3.8, 4) is 5.75 Å². The molecule has 0 saturated heterocycles. The first-order valence-corrected chi connectivity index (χ1v) is 14.9. The van der Waals surface area contributed by atoms with Crippen LogP contribution in [0.25, 0.3) is 6.08 Å². The van der Waals surface area contributed by atoms with Gasteiger partial charge in [-0.1, -0.05) is 54.6 Å². The van der Waals surface area contributed by atoms with E-state index in [-0.39, 0.29) is 21.9 Å². The van der Waals surface area contributed by atoms with Crippen LogP contribution in [0.5, 0.6) is 5.75 Å². The van der Waals surface area contributed by atoms with E-state index in [1.165, 1.54) is 24.3 Å². The Morgan fingerprint density at radius 1 is 0.973 bits per heavy atom. The third-order valence-electron chi connectivity index (χ3n) is 5.36. The molecular weight excluding hydrogens is 514 g/mol. The van der Waals surface area contributed by atoms with Crippen molar-refractivity contribution >= 4 is 37.6 Å². The van der Waals surface area contributed by atoms with E-state index in [1.54, 1.807) is 30.3 Å². The van der Waals surface area contributed by atoms with E-state index in [9.17, 15) is 21.6 Å². The van der Waals surface area contributed by atoms with E-state index in [2.05, 4.69) is 4.72 Å². The van der Waals surface area contributed by atoms with Gasteiger partial charge in [-0.05, 0) is 60.7 Å². The van der Waals surface area contributed by atoms with Crippen molar-refractivity contribution in [2.45, 2.75) is 35.5 Å². The minimum absolute atomic E-state index is 0.0187. The second-order valence-electron chi connectivity index (χ2n) is 8.34. The molecule has 196 valence electrons. The largest absolute Gasteiger partial charge is 0.493 e. The molecule has 0 unspecified atom stereocenters. The summed E-state index contributed by atoms with van der Waals surface area (Å²) in [5.41, 5.74) is 1.46. The van der Waals surface area contributed by atoms with E-state index in [0.29, 0.717) is 37.2 Å². The van der Waals surface area contributed by atoms with Gasteiger partial charge in [0.1, 0.15) is 5.75 Å². The summed E-state index contributed by atoms with van der Waals surface area (Å²) in [6.07, 6.45) is 6.49.